The van der Waals surface area contributed by atoms with E-state index in [1.165, 1.54) is 11.3 Å². The summed E-state index contributed by atoms with van der Waals surface area (Å²) in [4.78, 5) is 28.2. The number of fused-ring (bicyclic) bond motifs is 3. The van der Waals surface area contributed by atoms with Gasteiger partial charge in [-0.15, -0.1) is 0 Å². The van der Waals surface area contributed by atoms with Gasteiger partial charge >= 0.3 is 0 Å². The highest BCUT2D eigenvalue weighted by atomic mass is 35.5. The van der Waals surface area contributed by atoms with Crippen LogP contribution in [0, 0.1) is 3.95 Å². The van der Waals surface area contributed by atoms with Gasteiger partial charge in [0.15, 0.2) is 3.95 Å². The van der Waals surface area contributed by atoms with Gasteiger partial charge in [-0.1, -0.05) is 35.8 Å². The monoisotopic (exact) mass is 379 g/mol. The summed E-state index contributed by atoms with van der Waals surface area (Å²) >= 11 is 12.6. The fraction of sp³-hybridized carbons (Fsp3) is 0.312. The first-order valence-corrected chi connectivity index (χ1v) is 9.33. The minimum atomic E-state index is -0.282. The Morgan fingerprint density at radius 2 is 2.12 bits per heavy atom. The highest BCUT2D eigenvalue weighted by Crippen LogP contribution is 2.25. The molecule has 0 bridgehead atoms. The zero-order valence-corrected chi connectivity index (χ0v) is 15.0. The number of aromatic amines is 1. The lowest BCUT2D eigenvalue weighted by Crippen LogP contribution is -2.32. The van der Waals surface area contributed by atoms with Gasteiger partial charge in [-0.25, -0.2) is 0 Å². The molecule has 4 rings (SSSR count). The molecule has 1 aliphatic rings. The van der Waals surface area contributed by atoms with Gasteiger partial charge in [0, 0.05) is 11.1 Å². The van der Waals surface area contributed by atoms with E-state index in [-0.39, 0.29) is 17.5 Å². The number of aromatic nitrogens is 2. The molecular weight excluding hydrogens is 366 g/mol. The Labute approximate surface area is 151 Å². The van der Waals surface area contributed by atoms with Crippen LogP contribution in [0.3, 0.4) is 0 Å². The molecule has 124 valence electrons. The summed E-state index contributed by atoms with van der Waals surface area (Å²) in [6.45, 7) is 0. The van der Waals surface area contributed by atoms with E-state index in [0.717, 1.165) is 25.7 Å². The summed E-state index contributed by atoms with van der Waals surface area (Å²) < 4.78 is 2.25. The Kier molecular flexibility index (Phi) is 3.94. The van der Waals surface area contributed by atoms with E-state index >= 15 is 0 Å². The quantitative estimate of drug-likeness (QED) is 0.663. The lowest BCUT2D eigenvalue weighted by atomic mass is 10.2. The van der Waals surface area contributed by atoms with Crippen molar-refractivity contribution >= 4 is 57.6 Å². The molecule has 1 amide bonds. The number of nitrogens with zero attached hydrogens (tertiary/aromatic N) is 1. The van der Waals surface area contributed by atoms with Gasteiger partial charge in [0.2, 0.25) is 0 Å². The number of carbonyl (C=O) groups excluding carboxylic acids is 1. The Morgan fingerprint density at radius 3 is 2.88 bits per heavy atom. The smallest absolute Gasteiger partial charge is 0.265 e. The van der Waals surface area contributed by atoms with Crippen LogP contribution >= 0.6 is 35.2 Å². The maximum absolute atomic E-state index is 12.6. The van der Waals surface area contributed by atoms with Gasteiger partial charge in [0.05, 0.1) is 10.9 Å². The molecule has 0 spiro atoms. The fourth-order valence-corrected chi connectivity index (χ4v) is 4.70. The first-order chi connectivity index (χ1) is 11.5. The number of benzene rings is 1. The predicted molar refractivity (Wildman–Crippen MR) is 99.0 cm³/mol. The molecule has 8 heteroatoms. The molecule has 2 aromatic heterocycles. The first-order valence-electron chi connectivity index (χ1n) is 7.72. The second kappa shape index (κ2) is 5.98. The second-order valence-corrected chi connectivity index (χ2v) is 8.03. The van der Waals surface area contributed by atoms with Crippen molar-refractivity contribution in [1.82, 2.24) is 14.7 Å². The van der Waals surface area contributed by atoms with Crippen LogP contribution in [0.4, 0.5) is 0 Å². The Bertz CT molecular complexity index is 1080. The lowest BCUT2D eigenvalue weighted by molar-refractivity contribution is 0.0943. The fourth-order valence-electron chi connectivity index (χ4n) is 3.24. The van der Waals surface area contributed by atoms with Gasteiger partial charge in [-0.3, -0.25) is 14.0 Å². The standard InChI is InChI=1S/C16H14ClN3O2S2/c17-8-5-6-11-10(7-8)14(21)19-13-12(24-16(23)20(11)13)15(22)18-9-3-1-2-4-9/h5-7,9H,1-4H2,(H,18,22)(H,19,21). The van der Waals surface area contributed by atoms with Crippen molar-refractivity contribution in [2.75, 3.05) is 0 Å². The number of rotatable bonds is 2. The third-order valence-corrected chi connectivity index (χ3v) is 5.99. The van der Waals surface area contributed by atoms with Crippen LogP contribution in [-0.2, 0) is 0 Å². The Morgan fingerprint density at radius 1 is 1.38 bits per heavy atom. The van der Waals surface area contributed by atoms with Gasteiger partial charge in [-0.2, -0.15) is 0 Å². The lowest BCUT2D eigenvalue weighted by Gasteiger charge is -2.10. The van der Waals surface area contributed by atoms with E-state index < -0.39 is 0 Å². The number of hydrogen-bond acceptors (Lipinski definition) is 4. The highest BCUT2D eigenvalue weighted by molar-refractivity contribution is 7.73. The number of thiazole rings is 1. The summed E-state index contributed by atoms with van der Waals surface area (Å²) in [6, 6.07) is 5.27. The van der Waals surface area contributed by atoms with Crippen LogP contribution in [0.1, 0.15) is 35.4 Å². The van der Waals surface area contributed by atoms with Crippen molar-refractivity contribution in [1.29, 1.82) is 0 Å². The van der Waals surface area contributed by atoms with Crippen molar-refractivity contribution in [3.63, 3.8) is 0 Å². The molecular formula is C16H14ClN3O2S2. The number of carbonyl (C=O) groups is 1. The van der Waals surface area contributed by atoms with Crippen LogP contribution in [0.15, 0.2) is 23.0 Å². The molecule has 1 aliphatic carbocycles. The molecule has 1 aromatic carbocycles. The molecule has 2 heterocycles. The second-order valence-electron chi connectivity index (χ2n) is 5.95. The van der Waals surface area contributed by atoms with E-state index in [1.54, 1.807) is 22.6 Å². The Hall–Kier alpha value is -1.70. The summed E-state index contributed by atoms with van der Waals surface area (Å²) in [5, 5.41) is 3.98. The van der Waals surface area contributed by atoms with Crippen molar-refractivity contribution in [3.05, 3.63) is 42.4 Å². The van der Waals surface area contributed by atoms with Crippen molar-refractivity contribution in [3.8, 4) is 0 Å². The summed E-state index contributed by atoms with van der Waals surface area (Å²) in [5.41, 5.74) is 0.815. The van der Waals surface area contributed by atoms with Crippen LogP contribution in [0.2, 0.25) is 5.02 Å². The van der Waals surface area contributed by atoms with Crippen LogP contribution in [0.25, 0.3) is 16.6 Å². The number of amides is 1. The normalized spacial score (nSPS) is 15.4. The summed E-state index contributed by atoms with van der Waals surface area (Å²) in [5.74, 6) is -0.176. The topological polar surface area (TPSA) is 66.4 Å². The van der Waals surface area contributed by atoms with Crippen molar-refractivity contribution in [2.24, 2.45) is 0 Å². The van der Waals surface area contributed by atoms with Crippen LogP contribution < -0.4 is 10.9 Å². The highest BCUT2D eigenvalue weighted by Gasteiger charge is 2.22. The zero-order valence-electron chi connectivity index (χ0n) is 12.6. The molecule has 24 heavy (non-hydrogen) atoms. The third kappa shape index (κ3) is 2.56. The maximum Gasteiger partial charge on any atom is 0.265 e. The summed E-state index contributed by atoms with van der Waals surface area (Å²) in [6.07, 6.45) is 4.28. The van der Waals surface area contributed by atoms with E-state index in [9.17, 15) is 9.59 Å². The summed E-state index contributed by atoms with van der Waals surface area (Å²) in [7, 11) is 0. The minimum Gasteiger partial charge on any atom is -0.348 e. The van der Waals surface area contributed by atoms with Gasteiger partial charge in [0.25, 0.3) is 11.5 Å². The van der Waals surface area contributed by atoms with Crippen LogP contribution in [0.5, 0.6) is 0 Å². The zero-order chi connectivity index (χ0) is 16.8. The SMILES string of the molecule is O=C(NC1CCCC1)c1sc(=S)n2c1[nH]c(=O)c1cc(Cl)ccc12. The molecule has 0 atom stereocenters. The van der Waals surface area contributed by atoms with Gasteiger partial charge < -0.3 is 10.3 Å². The molecule has 0 unspecified atom stereocenters. The van der Waals surface area contributed by atoms with E-state index in [1.807, 2.05) is 0 Å². The molecule has 0 saturated heterocycles. The molecule has 1 fully saturated rings. The number of H-pyrrole nitrogens is 1. The maximum atomic E-state index is 12.6. The molecule has 2 N–H and O–H groups in total. The number of nitrogens with one attached hydrogen (secondary N) is 2. The molecule has 3 aromatic rings. The number of hydrogen-bond donors (Lipinski definition) is 2. The van der Waals surface area contributed by atoms with E-state index in [2.05, 4.69) is 10.3 Å². The van der Waals surface area contributed by atoms with E-state index in [0.29, 0.717) is 30.4 Å². The third-order valence-electron chi connectivity index (χ3n) is 4.38. The molecule has 0 aliphatic heterocycles. The van der Waals surface area contributed by atoms with Crippen molar-refractivity contribution < 1.29 is 4.79 Å². The minimum absolute atomic E-state index is 0.176. The van der Waals surface area contributed by atoms with Crippen molar-refractivity contribution in [2.45, 2.75) is 31.7 Å². The predicted octanol–water partition coefficient (Wildman–Crippen LogP) is 3.90. The molecule has 1 saturated carbocycles. The van der Waals surface area contributed by atoms with E-state index in [4.69, 9.17) is 23.8 Å². The average molecular weight is 380 g/mol. The van der Waals surface area contributed by atoms with Gasteiger partial charge in [0.1, 0.15) is 10.5 Å². The van der Waals surface area contributed by atoms with Gasteiger partial charge in [-0.05, 0) is 43.3 Å². The average Bonchev–Trinajstić information content (AvgIpc) is 3.16. The largest absolute Gasteiger partial charge is 0.348 e. The van der Waals surface area contributed by atoms with Crippen LogP contribution in [-0.4, -0.2) is 21.3 Å². The Balaban J connectivity index is 1.90. The molecule has 5 nitrogen and oxygen atoms in total. The number of halogens is 1. The first kappa shape index (κ1) is 15.8. The molecule has 0 radical (unpaired) electrons.